The van der Waals surface area contributed by atoms with E-state index in [1.807, 2.05) is 18.3 Å². The van der Waals surface area contributed by atoms with Gasteiger partial charge in [0, 0.05) is 32.3 Å². The molecular formula is C17H21N3. The molecule has 2 aliphatic heterocycles. The second-order valence-electron chi connectivity index (χ2n) is 5.26. The van der Waals surface area contributed by atoms with E-state index >= 15 is 0 Å². The van der Waals surface area contributed by atoms with Crippen LogP contribution in [0.4, 0.5) is 5.82 Å². The lowest BCUT2D eigenvalue weighted by Crippen LogP contribution is -2.52. The minimum atomic E-state index is 0.337. The molecule has 20 heavy (non-hydrogen) atoms. The molecule has 1 fully saturated rings. The summed E-state index contributed by atoms with van der Waals surface area (Å²) in [6.45, 7) is 9.08. The number of piperazine rings is 1. The van der Waals surface area contributed by atoms with Gasteiger partial charge in [-0.3, -0.25) is 0 Å². The maximum Gasteiger partial charge on any atom is 0.132 e. The van der Waals surface area contributed by atoms with Crippen LogP contribution in [0.5, 0.6) is 0 Å². The number of hydrogen-bond acceptors (Lipinski definition) is 3. The lowest BCUT2D eigenvalue weighted by molar-refractivity contribution is 0.516. The van der Waals surface area contributed by atoms with Crippen molar-refractivity contribution in [3.63, 3.8) is 0 Å². The maximum atomic E-state index is 4.64. The first-order chi connectivity index (χ1) is 9.85. The van der Waals surface area contributed by atoms with Crippen LogP contribution in [0.3, 0.4) is 0 Å². The molecule has 3 heterocycles. The van der Waals surface area contributed by atoms with Crippen molar-refractivity contribution in [3.8, 4) is 0 Å². The van der Waals surface area contributed by atoms with E-state index in [2.05, 4.69) is 46.9 Å². The highest BCUT2D eigenvalue weighted by Crippen LogP contribution is 2.32. The van der Waals surface area contributed by atoms with Crippen molar-refractivity contribution in [2.75, 3.05) is 24.5 Å². The normalized spacial score (nSPS) is 22.4. The molecule has 1 unspecified atom stereocenters. The Morgan fingerprint density at radius 2 is 2.40 bits per heavy atom. The zero-order valence-electron chi connectivity index (χ0n) is 12.0. The molecule has 0 amide bonds. The fourth-order valence-corrected chi connectivity index (χ4v) is 3.21. The van der Waals surface area contributed by atoms with Crippen LogP contribution in [0.1, 0.15) is 12.5 Å². The molecule has 2 aliphatic rings. The van der Waals surface area contributed by atoms with Gasteiger partial charge in [0.2, 0.25) is 0 Å². The van der Waals surface area contributed by atoms with Crippen LogP contribution in [-0.4, -0.2) is 30.7 Å². The van der Waals surface area contributed by atoms with E-state index in [-0.39, 0.29) is 0 Å². The molecular weight excluding hydrogens is 246 g/mol. The molecule has 104 valence electrons. The van der Waals surface area contributed by atoms with E-state index in [1.165, 1.54) is 16.7 Å². The van der Waals surface area contributed by atoms with Gasteiger partial charge in [-0.15, -0.1) is 0 Å². The summed E-state index contributed by atoms with van der Waals surface area (Å²) in [6, 6.07) is 4.56. The summed E-state index contributed by atoms with van der Waals surface area (Å²) in [5.41, 5.74) is 3.99. The van der Waals surface area contributed by atoms with Gasteiger partial charge in [0.25, 0.3) is 0 Å². The van der Waals surface area contributed by atoms with Gasteiger partial charge in [0.05, 0.1) is 6.04 Å². The Kier molecular flexibility index (Phi) is 3.70. The smallest absolute Gasteiger partial charge is 0.132 e. The molecule has 0 aromatic carbocycles. The second kappa shape index (κ2) is 5.63. The number of aromatic nitrogens is 1. The molecule has 0 aliphatic carbocycles. The van der Waals surface area contributed by atoms with Crippen LogP contribution in [-0.2, 0) is 6.42 Å². The average Bonchev–Trinajstić information content (AvgIpc) is 2.62. The standard InChI is InChI=1S/C17H21N3/c1-3-6-13-11-14-7-5-8-19-17(14)20-10-9-18-12-16(20)15(13)4-2/h3-8,16,18H,2,9-12H2,1H3/b6-3-. The van der Waals surface area contributed by atoms with Crippen LogP contribution in [0.15, 0.2) is 54.3 Å². The lowest BCUT2D eigenvalue weighted by atomic mass is 9.96. The number of pyridine rings is 1. The molecule has 1 N–H and O–H groups in total. The molecule has 1 atom stereocenters. The topological polar surface area (TPSA) is 28.2 Å². The van der Waals surface area contributed by atoms with Gasteiger partial charge in [-0.2, -0.15) is 0 Å². The van der Waals surface area contributed by atoms with Gasteiger partial charge in [-0.05, 0) is 29.7 Å². The summed E-state index contributed by atoms with van der Waals surface area (Å²) < 4.78 is 0. The number of rotatable bonds is 2. The molecule has 0 spiro atoms. The Bertz CT molecular complexity index is 571. The van der Waals surface area contributed by atoms with E-state index in [0.717, 1.165) is 31.9 Å². The van der Waals surface area contributed by atoms with Crippen molar-refractivity contribution < 1.29 is 0 Å². The monoisotopic (exact) mass is 267 g/mol. The van der Waals surface area contributed by atoms with E-state index in [9.17, 15) is 0 Å². The van der Waals surface area contributed by atoms with Gasteiger partial charge in [-0.1, -0.05) is 30.9 Å². The Morgan fingerprint density at radius 1 is 1.50 bits per heavy atom. The Hall–Kier alpha value is -1.87. The fraction of sp³-hybridized carbons (Fsp3) is 0.353. The molecule has 3 nitrogen and oxygen atoms in total. The van der Waals surface area contributed by atoms with Crippen molar-refractivity contribution in [2.24, 2.45) is 0 Å². The highest BCUT2D eigenvalue weighted by Gasteiger charge is 2.30. The van der Waals surface area contributed by atoms with Gasteiger partial charge in [0.1, 0.15) is 5.82 Å². The van der Waals surface area contributed by atoms with Crippen molar-refractivity contribution >= 4 is 5.82 Å². The predicted octanol–water partition coefficient (Wildman–Crippen LogP) is 2.47. The summed E-state index contributed by atoms with van der Waals surface area (Å²) in [5.74, 6) is 1.14. The summed E-state index contributed by atoms with van der Waals surface area (Å²) in [5, 5.41) is 3.49. The van der Waals surface area contributed by atoms with Gasteiger partial charge in [0.15, 0.2) is 0 Å². The number of nitrogens with zero attached hydrogens (tertiary/aromatic N) is 2. The van der Waals surface area contributed by atoms with E-state index in [0.29, 0.717) is 6.04 Å². The molecule has 0 bridgehead atoms. The number of fused-ring (bicyclic) bond motifs is 3. The minimum absolute atomic E-state index is 0.337. The van der Waals surface area contributed by atoms with Crippen LogP contribution < -0.4 is 10.2 Å². The van der Waals surface area contributed by atoms with Gasteiger partial charge >= 0.3 is 0 Å². The third kappa shape index (κ3) is 2.18. The first-order valence-electron chi connectivity index (χ1n) is 7.24. The number of allylic oxidation sites excluding steroid dienone is 3. The van der Waals surface area contributed by atoms with E-state index < -0.39 is 0 Å². The molecule has 3 heteroatoms. The molecule has 0 radical (unpaired) electrons. The third-order valence-corrected chi connectivity index (χ3v) is 4.08. The number of nitrogens with one attached hydrogen (secondary N) is 1. The third-order valence-electron chi connectivity index (χ3n) is 4.08. The highest BCUT2D eigenvalue weighted by atomic mass is 15.3. The predicted molar refractivity (Wildman–Crippen MR) is 84.0 cm³/mol. The highest BCUT2D eigenvalue weighted by molar-refractivity contribution is 5.58. The quantitative estimate of drug-likeness (QED) is 0.892. The molecule has 1 saturated heterocycles. The Labute approximate surface area is 120 Å². The number of anilines is 1. The lowest BCUT2D eigenvalue weighted by Gasteiger charge is -2.37. The maximum absolute atomic E-state index is 4.64. The first-order valence-corrected chi connectivity index (χ1v) is 7.24. The van der Waals surface area contributed by atoms with Crippen molar-refractivity contribution in [2.45, 2.75) is 19.4 Å². The number of hydrogen-bond donors (Lipinski definition) is 1. The largest absolute Gasteiger partial charge is 0.347 e. The van der Waals surface area contributed by atoms with Crippen molar-refractivity contribution in [3.05, 3.63) is 59.8 Å². The molecule has 0 saturated carbocycles. The van der Waals surface area contributed by atoms with E-state index in [4.69, 9.17) is 0 Å². The Morgan fingerprint density at radius 3 is 3.20 bits per heavy atom. The average molecular weight is 267 g/mol. The van der Waals surface area contributed by atoms with Crippen molar-refractivity contribution in [1.29, 1.82) is 0 Å². The van der Waals surface area contributed by atoms with Gasteiger partial charge < -0.3 is 10.2 Å². The van der Waals surface area contributed by atoms with Crippen LogP contribution in [0.2, 0.25) is 0 Å². The summed E-state index contributed by atoms with van der Waals surface area (Å²) in [4.78, 5) is 7.07. The summed E-state index contributed by atoms with van der Waals surface area (Å²) >= 11 is 0. The first kappa shape index (κ1) is 13.1. The minimum Gasteiger partial charge on any atom is -0.347 e. The molecule has 1 aromatic rings. The van der Waals surface area contributed by atoms with E-state index in [1.54, 1.807) is 0 Å². The fourth-order valence-electron chi connectivity index (χ4n) is 3.21. The molecule has 1 aromatic heterocycles. The SMILES string of the molecule is C=CC1=C(/C=C\C)Cc2cccnc2N2CCNCC12. The van der Waals surface area contributed by atoms with Crippen LogP contribution in [0.25, 0.3) is 0 Å². The summed E-state index contributed by atoms with van der Waals surface area (Å²) in [7, 11) is 0. The van der Waals surface area contributed by atoms with Crippen molar-refractivity contribution in [1.82, 2.24) is 10.3 Å². The Balaban J connectivity index is 2.16. The molecule has 3 rings (SSSR count). The zero-order valence-corrected chi connectivity index (χ0v) is 12.0. The summed E-state index contributed by atoms with van der Waals surface area (Å²) in [6.07, 6.45) is 9.17. The van der Waals surface area contributed by atoms with Crippen LogP contribution >= 0.6 is 0 Å². The van der Waals surface area contributed by atoms with Crippen LogP contribution in [0, 0.1) is 0 Å². The zero-order chi connectivity index (χ0) is 13.9. The van der Waals surface area contributed by atoms with Gasteiger partial charge in [-0.25, -0.2) is 4.98 Å². The second-order valence-corrected chi connectivity index (χ2v) is 5.26.